The molecule has 0 aliphatic carbocycles. The summed E-state index contributed by atoms with van der Waals surface area (Å²) in [5, 5.41) is 0.560. The zero-order valence-electron chi connectivity index (χ0n) is 12.3. The average Bonchev–Trinajstić information content (AvgIpc) is 2.36. The Bertz CT molecular complexity index is 633. The molecule has 4 nitrogen and oxygen atoms in total. The third-order valence-corrected chi connectivity index (χ3v) is 6.07. The first-order valence-corrected chi connectivity index (χ1v) is 9.22. The minimum absolute atomic E-state index is 0.148. The quantitative estimate of drug-likeness (QED) is 0.758. The Kier molecular flexibility index (Phi) is 4.78. The summed E-state index contributed by atoms with van der Waals surface area (Å²) < 4.78 is 46.0. The maximum atomic E-state index is 13.2. The van der Waals surface area contributed by atoms with E-state index in [0.717, 1.165) is 0 Å². The molecule has 1 unspecified atom stereocenters. The fourth-order valence-electron chi connectivity index (χ4n) is 2.55. The van der Waals surface area contributed by atoms with Gasteiger partial charge in [-0.05, 0) is 44.5 Å². The van der Waals surface area contributed by atoms with E-state index in [0.29, 0.717) is 10.9 Å². The number of rotatable bonds is 3. The molecule has 1 aromatic rings. The lowest BCUT2D eigenvalue weighted by Gasteiger charge is -2.41. The third kappa shape index (κ3) is 3.64. The summed E-state index contributed by atoms with van der Waals surface area (Å²) in [6.07, 6.45) is -0.204. The molecule has 7 heteroatoms. The molecule has 1 fully saturated rings. The number of alkyl halides is 1. The van der Waals surface area contributed by atoms with E-state index in [1.807, 2.05) is 13.8 Å². The first-order chi connectivity index (χ1) is 9.65. The highest BCUT2D eigenvalue weighted by Gasteiger charge is 2.39. The predicted molar refractivity (Wildman–Crippen MR) is 82.6 cm³/mol. The van der Waals surface area contributed by atoms with E-state index in [2.05, 4.69) is 15.9 Å². The molecular formula is C14H19BrFNO3S. The van der Waals surface area contributed by atoms with E-state index in [4.69, 9.17) is 4.74 Å². The number of ether oxygens (including phenoxy) is 1. The van der Waals surface area contributed by atoms with E-state index in [1.54, 1.807) is 6.92 Å². The topological polar surface area (TPSA) is 46.6 Å². The number of morpholine rings is 1. The molecule has 0 N–H and O–H groups in total. The van der Waals surface area contributed by atoms with Crippen molar-refractivity contribution < 1.29 is 17.5 Å². The van der Waals surface area contributed by atoms with Gasteiger partial charge in [-0.3, -0.25) is 0 Å². The molecule has 1 aromatic carbocycles. The molecule has 0 radical (unpaired) electrons. The summed E-state index contributed by atoms with van der Waals surface area (Å²) in [6.45, 7) is 5.89. The van der Waals surface area contributed by atoms with Crippen LogP contribution < -0.4 is 0 Å². The van der Waals surface area contributed by atoms with Crippen molar-refractivity contribution in [3.05, 3.63) is 29.6 Å². The van der Waals surface area contributed by atoms with E-state index in [1.165, 1.54) is 22.5 Å². The van der Waals surface area contributed by atoms with Crippen molar-refractivity contribution in [1.29, 1.82) is 0 Å². The number of aryl methyl sites for hydroxylation is 1. The van der Waals surface area contributed by atoms with Gasteiger partial charge in [0.15, 0.2) is 0 Å². The van der Waals surface area contributed by atoms with Crippen LogP contribution in [0.15, 0.2) is 23.1 Å². The van der Waals surface area contributed by atoms with Crippen molar-refractivity contribution in [1.82, 2.24) is 4.31 Å². The van der Waals surface area contributed by atoms with Gasteiger partial charge in [0.25, 0.3) is 0 Å². The Morgan fingerprint density at radius 1 is 1.48 bits per heavy atom. The molecule has 21 heavy (non-hydrogen) atoms. The van der Waals surface area contributed by atoms with Crippen LogP contribution in [-0.4, -0.2) is 42.8 Å². The maximum Gasteiger partial charge on any atom is 0.243 e. The Morgan fingerprint density at radius 3 is 2.71 bits per heavy atom. The second kappa shape index (κ2) is 5.95. The first-order valence-electron chi connectivity index (χ1n) is 6.66. The molecule has 0 spiro atoms. The van der Waals surface area contributed by atoms with Gasteiger partial charge in [0.05, 0.1) is 16.6 Å². The molecule has 118 valence electrons. The van der Waals surface area contributed by atoms with Crippen LogP contribution in [0.25, 0.3) is 0 Å². The van der Waals surface area contributed by atoms with E-state index in [9.17, 15) is 12.8 Å². The molecule has 0 aromatic heterocycles. The largest absolute Gasteiger partial charge is 0.369 e. The Labute approximate surface area is 133 Å². The molecule has 1 heterocycles. The van der Waals surface area contributed by atoms with Gasteiger partial charge >= 0.3 is 0 Å². The second-order valence-corrected chi connectivity index (χ2v) is 8.42. The van der Waals surface area contributed by atoms with Crippen molar-refractivity contribution in [2.75, 3.05) is 18.4 Å². The SMILES string of the molecule is Cc1cc(F)ccc1S(=O)(=O)N1CC(CBr)OC(C)(C)C1. The monoisotopic (exact) mass is 379 g/mol. The van der Waals surface area contributed by atoms with Crippen molar-refractivity contribution in [3.63, 3.8) is 0 Å². The van der Waals surface area contributed by atoms with Gasteiger partial charge in [-0.25, -0.2) is 12.8 Å². The second-order valence-electron chi connectivity index (χ2n) is 5.86. The summed E-state index contributed by atoms with van der Waals surface area (Å²) in [6, 6.07) is 3.74. The minimum atomic E-state index is -3.66. The van der Waals surface area contributed by atoms with Crippen LogP contribution in [0.1, 0.15) is 19.4 Å². The highest BCUT2D eigenvalue weighted by atomic mass is 79.9. The van der Waals surface area contributed by atoms with Gasteiger partial charge in [0, 0.05) is 18.4 Å². The summed E-state index contributed by atoms with van der Waals surface area (Å²) in [5.74, 6) is -0.438. The minimum Gasteiger partial charge on any atom is -0.369 e. The van der Waals surface area contributed by atoms with Crippen LogP contribution in [0.4, 0.5) is 4.39 Å². The summed E-state index contributed by atoms with van der Waals surface area (Å²) in [5.41, 5.74) is -0.146. The molecule has 1 saturated heterocycles. The van der Waals surface area contributed by atoms with Crippen molar-refractivity contribution in [3.8, 4) is 0 Å². The number of benzene rings is 1. The highest BCUT2D eigenvalue weighted by molar-refractivity contribution is 9.09. The highest BCUT2D eigenvalue weighted by Crippen LogP contribution is 2.28. The van der Waals surface area contributed by atoms with Gasteiger partial charge in [0.1, 0.15) is 5.82 Å². The summed E-state index contributed by atoms with van der Waals surface area (Å²) in [7, 11) is -3.66. The molecule has 0 saturated carbocycles. The van der Waals surface area contributed by atoms with Crippen molar-refractivity contribution in [2.45, 2.75) is 37.4 Å². The number of sulfonamides is 1. The lowest BCUT2D eigenvalue weighted by atomic mass is 10.1. The Balaban J connectivity index is 2.38. The van der Waals surface area contributed by atoms with Gasteiger partial charge < -0.3 is 4.74 Å². The molecular weight excluding hydrogens is 361 g/mol. The fraction of sp³-hybridized carbons (Fsp3) is 0.571. The maximum absolute atomic E-state index is 13.2. The number of halogens is 2. The normalized spacial score (nSPS) is 23.2. The zero-order chi connectivity index (χ0) is 15.8. The summed E-state index contributed by atoms with van der Waals surface area (Å²) >= 11 is 3.34. The van der Waals surface area contributed by atoms with Crippen molar-refractivity contribution >= 4 is 26.0 Å². The van der Waals surface area contributed by atoms with Crippen LogP contribution in [-0.2, 0) is 14.8 Å². The molecule has 0 bridgehead atoms. The first kappa shape index (κ1) is 16.9. The third-order valence-electron chi connectivity index (χ3n) is 3.38. The Morgan fingerprint density at radius 2 is 2.14 bits per heavy atom. The molecule has 1 atom stereocenters. The van der Waals surface area contributed by atoms with Crippen LogP contribution >= 0.6 is 15.9 Å². The zero-order valence-corrected chi connectivity index (χ0v) is 14.7. The summed E-state index contributed by atoms with van der Waals surface area (Å²) in [4.78, 5) is 0.148. The average molecular weight is 380 g/mol. The van der Waals surface area contributed by atoms with Gasteiger partial charge in [-0.2, -0.15) is 4.31 Å². The predicted octanol–water partition coefficient (Wildman–Crippen LogP) is 2.70. The standard InChI is InChI=1S/C14H19BrFNO3S/c1-10-6-11(16)4-5-13(10)21(18,19)17-8-12(7-15)20-14(2,3)9-17/h4-6,12H,7-9H2,1-3H3. The van der Waals surface area contributed by atoms with Gasteiger partial charge in [-0.1, -0.05) is 15.9 Å². The molecule has 1 aliphatic rings. The van der Waals surface area contributed by atoms with Crippen LogP contribution in [0.5, 0.6) is 0 Å². The van der Waals surface area contributed by atoms with Crippen LogP contribution in [0, 0.1) is 12.7 Å². The van der Waals surface area contributed by atoms with E-state index in [-0.39, 0.29) is 24.1 Å². The molecule has 0 amide bonds. The fourth-order valence-corrected chi connectivity index (χ4v) is 4.71. The number of hydrogen-bond acceptors (Lipinski definition) is 3. The van der Waals surface area contributed by atoms with E-state index < -0.39 is 21.4 Å². The molecule has 1 aliphatic heterocycles. The van der Waals surface area contributed by atoms with Crippen molar-refractivity contribution in [2.24, 2.45) is 0 Å². The lowest BCUT2D eigenvalue weighted by Crippen LogP contribution is -2.55. The van der Waals surface area contributed by atoms with Gasteiger partial charge in [-0.15, -0.1) is 0 Å². The number of hydrogen-bond donors (Lipinski definition) is 0. The lowest BCUT2D eigenvalue weighted by molar-refractivity contribution is -0.106. The molecule has 2 rings (SSSR count). The van der Waals surface area contributed by atoms with Crippen LogP contribution in [0.3, 0.4) is 0 Å². The van der Waals surface area contributed by atoms with E-state index >= 15 is 0 Å². The van der Waals surface area contributed by atoms with Gasteiger partial charge in [0.2, 0.25) is 10.0 Å². The van der Waals surface area contributed by atoms with Crippen LogP contribution in [0.2, 0.25) is 0 Å². The smallest absolute Gasteiger partial charge is 0.243 e. The Hall–Kier alpha value is -0.500. The number of nitrogens with zero attached hydrogens (tertiary/aromatic N) is 1.